The Morgan fingerprint density at radius 2 is 1.76 bits per heavy atom. The molecule has 0 radical (unpaired) electrons. The number of nitrogens with zero attached hydrogens (tertiary/aromatic N) is 4. The zero-order valence-corrected chi connectivity index (χ0v) is 34.6. The van der Waals surface area contributed by atoms with Crippen LogP contribution in [0.15, 0.2) is 42.2 Å². The van der Waals surface area contributed by atoms with Gasteiger partial charge in [-0.25, -0.2) is 4.98 Å². The Morgan fingerprint density at radius 3 is 2.39 bits per heavy atom. The summed E-state index contributed by atoms with van der Waals surface area (Å²) in [5.41, 5.74) is 16.2. The fourth-order valence-corrected chi connectivity index (χ4v) is 7.86. The first-order chi connectivity index (χ1) is 21.5. The maximum Gasteiger partial charge on any atom is 0.239 e. The second kappa shape index (κ2) is 15.5. The number of pyridine rings is 1. The summed E-state index contributed by atoms with van der Waals surface area (Å²) in [7, 11) is 2.21. The van der Waals surface area contributed by atoms with E-state index in [-0.39, 0.29) is 42.8 Å². The predicted octanol–water partition coefficient (Wildman–Crippen LogP) is 8.54. The van der Waals surface area contributed by atoms with Gasteiger partial charge in [0.15, 0.2) is 0 Å². The van der Waals surface area contributed by atoms with Crippen LogP contribution in [0.25, 0.3) is 32.3 Å². The minimum atomic E-state index is -0.785. The van der Waals surface area contributed by atoms with Crippen LogP contribution in [0.1, 0.15) is 62.4 Å². The number of benzene rings is 2. The van der Waals surface area contributed by atoms with Gasteiger partial charge < -0.3 is 15.7 Å². The van der Waals surface area contributed by atoms with E-state index in [2.05, 4.69) is 46.4 Å². The van der Waals surface area contributed by atoms with Crippen LogP contribution >= 0.6 is 19.9 Å². The quantitative estimate of drug-likeness (QED) is 0.136. The Balaban J connectivity index is 0.00000111. The molecule has 0 saturated heterocycles. The first-order valence-electron chi connectivity index (χ1n) is 15.6. The molecule has 46 heavy (non-hydrogen) atoms. The number of aromatic hydroxyl groups is 1. The molecule has 1 aliphatic rings. The summed E-state index contributed by atoms with van der Waals surface area (Å²) in [5, 5.41) is 17.2. The van der Waals surface area contributed by atoms with Crippen molar-refractivity contribution in [1.82, 2.24) is 14.8 Å². The number of phenolic OH excluding ortho intramolecular Hbond substituents is 1. The zero-order chi connectivity index (χ0) is 33.2. The van der Waals surface area contributed by atoms with Crippen LogP contribution in [0.2, 0.25) is 0 Å². The van der Waals surface area contributed by atoms with Crippen molar-refractivity contribution in [1.29, 1.82) is 0 Å². The number of nitrogen functional groups attached to an aromatic ring is 1. The first-order valence-corrected chi connectivity index (χ1v) is 17.9. The smallest absolute Gasteiger partial charge is 0.239 e. The van der Waals surface area contributed by atoms with Crippen molar-refractivity contribution in [3.63, 3.8) is 0 Å². The molecule has 3 aromatic heterocycles. The van der Waals surface area contributed by atoms with Crippen LogP contribution in [0.5, 0.6) is 5.75 Å². The number of rotatable bonds is 5. The average molecular weight is 881 g/mol. The molecule has 0 bridgehead atoms. The van der Waals surface area contributed by atoms with Crippen molar-refractivity contribution < 1.29 is 41.0 Å². The zero-order valence-electron chi connectivity index (χ0n) is 28.6. The largest absolute Gasteiger partial charge is 0.534 e. The van der Waals surface area contributed by atoms with E-state index in [4.69, 9.17) is 5.73 Å². The van der Waals surface area contributed by atoms with Gasteiger partial charge in [-0.3, -0.25) is 9.48 Å². The van der Waals surface area contributed by atoms with Gasteiger partial charge in [0.2, 0.25) is 5.91 Å². The number of aromatic nitrogens is 3. The molecule has 0 aliphatic carbocycles. The third kappa shape index (κ3) is 6.54. The van der Waals surface area contributed by atoms with Crippen LogP contribution < -0.4 is 10.6 Å². The molecule has 0 saturated carbocycles. The number of carbonyl (C=O) groups excluding carboxylic acids is 1. The Labute approximate surface area is 303 Å². The third-order valence-corrected chi connectivity index (χ3v) is 11.2. The molecule has 10 heteroatoms. The molecule has 4 heterocycles. The van der Waals surface area contributed by atoms with Crippen molar-refractivity contribution in [3.8, 4) is 28.0 Å². The minimum Gasteiger partial charge on any atom is -0.534 e. The molecule has 0 spiro atoms. The van der Waals surface area contributed by atoms with Crippen molar-refractivity contribution in [2.45, 2.75) is 67.0 Å². The second-order valence-corrected chi connectivity index (χ2v) is 13.3. The van der Waals surface area contributed by atoms with Gasteiger partial charge in [-0.2, -0.15) is 16.2 Å². The third-order valence-electron chi connectivity index (χ3n) is 8.70. The van der Waals surface area contributed by atoms with Crippen LogP contribution in [0.4, 0.5) is 11.5 Å². The number of thiophene rings is 1. The fourth-order valence-electron chi connectivity index (χ4n) is 5.89. The molecule has 1 aliphatic heterocycles. The van der Waals surface area contributed by atoms with E-state index in [1.165, 1.54) is 0 Å². The Morgan fingerprint density at radius 1 is 1.07 bits per heavy atom. The van der Waals surface area contributed by atoms with E-state index in [0.717, 1.165) is 72.3 Å². The van der Waals surface area contributed by atoms with Crippen LogP contribution in [0, 0.1) is 58.0 Å². The summed E-state index contributed by atoms with van der Waals surface area (Å²) in [6, 6.07) is 9.48. The molecular weight excluding hydrogens is 835 g/mol. The number of carbonyl (C=O) groups is 1. The van der Waals surface area contributed by atoms with Crippen LogP contribution in [-0.4, -0.2) is 39.0 Å². The number of phenols is 1. The van der Waals surface area contributed by atoms with Crippen molar-refractivity contribution in [2.75, 3.05) is 23.8 Å². The summed E-state index contributed by atoms with van der Waals surface area (Å²) < 4.78 is 2.87. The summed E-state index contributed by atoms with van der Waals surface area (Å²) in [6.45, 7) is 18.6. The predicted molar refractivity (Wildman–Crippen MR) is 193 cm³/mol. The minimum absolute atomic E-state index is 0. The van der Waals surface area contributed by atoms with E-state index in [1.807, 2.05) is 85.9 Å². The van der Waals surface area contributed by atoms with Crippen LogP contribution in [-0.2, 0) is 23.4 Å². The number of amides is 1. The fraction of sp³-hybridized carbons (Fsp3) is 0.361. The molecule has 2 aromatic carbocycles. The molecule has 242 valence electrons. The van der Waals surface area contributed by atoms with Gasteiger partial charge in [-0.1, -0.05) is 54.5 Å². The van der Waals surface area contributed by atoms with Crippen molar-refractivity contribution >= 4 is 47.4 Å². The molecule has 2 unspecified atom stereocenters. The van der Waals surface area contributed by atoms with E-state index >= 15 is 0 Å². The van der Waals surface area contributed by atoms with Crippen molar-refractivity contribution in [2.24, 2.45) is 7.05 Å². The van der Waals surface area contributed by atoms with Gasteiger partial charge in [0.1, 0.15) is 5.82 Å². The SMILES string of the molecule is CC.CC.CPC(C)(C(=O)N1CCc2cc(-c3csc4c(-c5cnn(C)c5)cnc(N)c34)ccc21)c1[c-]c(O)c(C)c(C)c1C.[U]. The van der Waals surface area contributed by atoms with E-state index in [1.54, 1.807) is 16.0 Å². The summed E-state index contributed by atoms with van der Waals surface area (Å²) in [4.78, 5) is 20.7. The van der Waals surface area contributed by atoms with Gasteiger partial charge >= 0.3 is 0 Å². The van der Waals surface area contributed by atoms with Gasteiger partial charge in [0, 0.05) is 95.3 Å². The number of anilines is 2. The molecule has 3 N–H and O–H groups in total. The number of aryl methyl sites for hydroxylation is 1. The van der Waals surface area contributed by atoms with Gasteiger partial charge in [-0.15, -0.1) is 37.1 Å². The molecular formula is C36H45N5O2PSU-. The van der Waals surface area contributed by atoms with Gasteiger partial charge in [-0.05, 0) is 48.6 Å². The number of fused-ring (bicyclic) bond motifs is 2. The molecule has 0 fully saturated rings. The average Bonchev–Trinajstić information content (AvgIpc) is 3.81. The summed E-state index contributed by atoms with van der Waals surface area (Å²) >= 11 is 1.66. The molecule has 5 aromatic rings. The van der Waals surface area contributed by atoms with Gasteiger partial charge in [0.25, 0.3) is 0 Å². The summed E-state index contributed by atoms with van der Waals surface area (Å²) in [6.07, 6.45) is 6.42. The maximum absolute atomic E-state index is 14.2. The number of hydrogen-bond acceptors (Lipinski definition) is 6. The monoisotopic (exact) mass is 880 g/mol. The summed E-state index contributed by atoms with van der Waals surface area (Å²) in [5.74, 6) is 0.668. The van der Waals surface area contributed by atoms with E-state index < -0.39 is 5.16 Å². The van der Waals surface area contributed by atoms with Crippen molar-refractivity contribution in [3.05, 3.63) is 76.1 Å². The standard InChI is InChI=1S/C32H33N5O2PS.2C2H6.U/c1-17-18(2)25(12-27(38)19(17)3)32(4,40-6)31(39)37-10-9-21-11-20(7-8-26(21)37)24-16-41-29-23(14-34-30(33)28(24)29)22-13-35-36(5)15-22;2*1-2;/h7-8,11,13-16,38,40H,9-10H2,1-6H3,(H2,33,34);2*1-2H3;/q-1;;;. The maximum atomic E-state index is 14.2. The molecule has 7 nitrogen and oxygen atoms in total. The Kier molecular flexibility index (Phi) is 12.7. The van der Waals surface area contributed by atoms with E-state index in [9.17, 15) is 9.90 Å². The Hall–Kier alpha value is -2.69. The molecule has 1 amide bonds. The Bertz CT molecular complexity index is 1870. The van der Waals surface area contributed by atoms with E-state index in [0.29, 0.717) is 20.9 Å². The first kappa shape index (κ1) is 37.8. The number of hydrogen-bond donors (Lipinski definition) is 2. The normalized spacial score (nSPS) is 13.4. The molecule has 6 rings (SSSR count). The second-order valence-electron chi connectivity index (χ2n) is 11.0. The number of nitrogens with two attached hydrogens (primary N) is 1. The molecule has 2 atom stereocenters. The topological polar surface area (TPSA) is 97.3 Å². The van der Waals surface area contributed by atoms with Crippen LogP contribution in [0.3, 0.4) is 0 Å². The van der Waals surface area contributed by atoms with Gasteiger partial charge in [0.05, 0.1) is 11.4 Å².